The predicted molar refractivity (Wildman–Crippen MR) is 49.9 cm³/mol. The summed E-state index contributed by atoms with van der Waals surface area (Å²) in [5.41, 5.74) is 0. The molecule has 1 aliphatic rings. The van der Waals surface area contributed by atoms with Gasteiger partial charge in [0.1, 0.15) is 0 Å². The van der Waals surface area contributed by atoms with E-state index < -0.39 is 7.82 Å². The van der Waals surface area contributed by atoms with E-state index in [4.69, 9.17) is 9.79 Å². The molecule has 7 heteroatoms. The van der Waals surface area contributed by atoms with Gasteiger partial charge in [0.25, 0.3) is 0 Å². The van der Waals surface area contributed by atoms with Crippen LogP contribution in [0, 0.1) is 0 Å². The average Bonchev–Trinajstić information content (AvgIpc) is 2.06. The predicted octanol–water partition coefficient (Wildman–Crippen LogP) is 0.877. The topological polar surface area (TPSA) is 92.8 Å². The molecule has 13 heavy (non-hydrogen) atoms. The summed E-state index contributed by atoms with van der Waals surface area (Å²) in [6.07, 6.45) is 7.65. The van der Waals surface area contributed by atoms with E-state index in [9.17, 15) is 4.57 Å². The molecule has 0 amide bonds. The van der Waals surface area contributed by atoms with Crippen molar-refractivity contribution in [1.29, 1.82) is 0 Å². The summed E-state index contributed by atoms with van der Waals surface area (Å²) >= 11 is 1.45. The van der Waals surface area contributed by atoms with Gasteiger partial charge in [-0.1, -0.05) is 0 Å². The molecule has 0 aromatic rings. The molecule has 0 aromatic carbocycles. The first-order valence-corrected chi connectivity index (χ1v) is 7.08. The minimum atomic E-state index is -4.37. The van der Waals surface area contributed by atoms with E-state index in [0.717, 1.165) is 0 Å². The molecule has 1 aliphatic carbocycles. The van der Waals surface area contributed by atoms with Gasteiger partial charge < -0.3 is 9.79 Å². The van der Waals surface area contributed by atoms with E-state index in [2.05, 4.69) is 10.5 Å². The first-order valence-electron chi connectivity index (χ1n) is 4.39. The van der Waals surface area contributed by atoms with Gasteiger partial charge in [-0.05, 0) is 0 Å². The van der Waals surface area contributed by atoms with Gasteiger partial charge in [0.2, 0.25) is 0 Å². The molecular weight excluding hydrogens is 204 g/mol. The third kappa shape index (κ3) is 11.0. The minimum absolute atomic E-state index is 1.17. The van der Waals surface area contributed by atoms with Crippen LogP contribution in [-0.2, 0) is 9.19 Å². The molecule has 0 aliphatic heterocycles. The quantitative estimate of drug-likeness (QED) is 0.346. The Hall–Kier alpha value is 1.07. The SMILES string of the molecule is NOP(=O)(O)O.[Na][CH]1CCCCC1. The zero-order chi connectivity index (χ0) is 10.3. The Bertz CT molecular complexity index is 168. The van der Waals surface area contributed by atoms with Crippen molar-refractivity contribution in [1.82, 2.24) is 0 Å². The molecule has 0 spiro atoms. The van der Waals surface area contributed by atoms with Gasteiger partial charge in [-0.25, -0.2) is 15.1 Å². The zero-order valence-corrected chi connectivity index (χ0v) is 10.7. The third-order valence-corrected chi connectivity index (χ3v) is 3.46. The summed E-state index contributed by atoms with van der Waals surface area (Å²) in [4.78, 5) is 15.2. The number of phosphoric acid groups is 1. The molecule has 0 bridgehead atoms. The Kier molecular flexibility index (Phi) is 7.98. The molecule has 1 saturated carbocycles. The van der Waals surface area contributed by atoms with Crippen LogP contribution in [-0.4, -0.2) is 37.7 Å². The molecule has 1 fully saturated rings. The number of rotatable bonds is 1. The van der Waals surface area contributed by atoms with Crippen LogP contribution < -0.4 is 5.90 Å². The maximum atomic E-state index is 9.35. The zero-order valence-electron chi connectivity index (χ0n) is 7.85. The van der Waals surface area contributed by atoms with Crippen molar-refractivity contribution < 1.29 is 19.0 Å². The summed E-state index contributed by atoms with van der Waals surface area (Å²) in [6, 6.07) is 0. The van der Waals surface area contributed by atoms with Crippen molar-refractivity contribution in [3.8, 4) is 0 Å². The molecule has 74 valence electrons. The Morgan fingerprint density at radius 3 is 1.85 bits per heavy atom. The van der Waals surface area contributed by atoms with Gasteiger partial charge in [0, 0.05) is 0 Å². The molecule has 4 N–H and O–H groups in total. The van der Waals surface area contributed by atoms with Gasteiger partial charge in [-0.2, -0.15) is 0 Å². The van der Waals surface area contributed by atoms with Crippen molar-refractivity contribution >= 4 is 35.8 Å². The van der Waals surface area contributed by atoms with Crippen LogP contribution in [0.3, 0.4) is 0 Å². The van der Waals surface area contributed by atoms with Gasteiger partial charge >= 0.3 is 71.0 Å². The fraction of sp³-hybridized carbons (Fsp3) is 1.00. The summed E-state index contributed by atoms with van der Waals surface area (Å²) < 4.78 is 13.6. The van der Waals surface area contributed by atoms with Crippen LogP contribution in [0.4, 0.5) is 0 Å². The second-order valence-corrected chi connectivity index (χ2v) is 6.16. The van der Waals surface area contributed by atoms with Gasteiger partial charge in [-0.3, -0.25) is 0 Å². The van der Waals surface area contributed by atoms with E-state index in [1.165, 1.54) is 50.4 Å². The molecule has 0 aromatic heterocycles. The Balaban J connectivity index is 0.000000226. The second kappa shape index (κ2) is 7.37. The van der Waals surface area contributed by atoms with Crippen molar-refractivity contribution in [3.05, 3.63) is 0 Å². The van der Waals surface area contributed by atoms with Crippen molar-refractivity contribution in [2.45, 2.75) is 35.3 Å². The monoisotopic (exact) mass is 219 g/mol. The van der Waals surface area contributed by atoms with Crippen molar-refractivity contribution in [2.24, 2.45) is 5.90 Å². The number of nitrogens with two attached hydrogens (primary N) is 1. The van der Waals surface area contributed by atoms with Crippen molar-refractivity contribution in [2.75, 3.05) is 0 Å². The maximum absolute atomic E-state index is 9.35. The van der Waals surface area contributed by atoms with E-state index in [0.29, 0.717) is 0 Å². The molecule has 0 atom stereocenters. The first-order chi connectivity index (χ1) is 5.95. The van der Waals surface area contributed by atoms with Crippen LogP contribution in [0.1, 0.15) is 32.1 Å². The van der Waals surface area contributed by atoms with Crippen molar-refractivity contribution in [3.63, 3.8) is 0 Å². The average molecular weight is 219 g/mol. The molecule has 0 heterocycles. The van der Waals surface area contributed by atoms with Gasteiger partial charge in [0.15, 0.2) is 0 Å². The Morgan fingerprint density at radius 2 is 1.69 bits per heavy atom. The molecular formula is C6H15NNaO4P. The normalized spacial score (nSPS) is 19.2. The standard InChI is InChI=1S/C6H11.H4NO4P.Na/c1-2-4-6-5-3-1;1-5-6(2,3)4;/h1H,2-6H2;1H2,(H2,2,3,4);. The molecule has 0 radical (unpaired) electrons. The van der Waals surface area contributed by atoms with Crippen LogP contribution in [0.15, 0.2) is 0 Å². The Morgan fingerprint density at radius 1 is 1.31 bits per heavy atom. The van der Waals surface area contributed by atoms with Gasteiger partial charge in [-0.15, -0.1) is 0 Å². The molecule has 5 nitrogen and oxygen atoms in total. The second-order valence-electron chi connectivity index (χ2n) is 3.34. The van der Waals surface area contributed by atoms with Gasteiger partial charge in [0.05, 0.1) is 0 Å². The van der Waals surface area contributed by atoms with E-state index in [-0.39, 0.29) is 0 Å². The molecule has 1 rings (SSSR count). The van der Waals surface area contributed by atoms with Crippen LogP contribution in [0.25, 0.3) is 0 Å². The fourth-order valence-electron chi connectivity index (χ4n) is 1.31. The third-order valence-electron chi connectivity index (χ3n) is 2.03. The van der Waals surface area contributed by atoms with Crippen LogP contribution in [0.5, 0.6) is 0 Å². The summed E-state index contributed by atoms with van der Waals surface area (Å²) in [5.74, 6) is 4.04. The summed E-state index contributed by atoms with van der Waals surface area (Å²) in [7, 11) is -4.37. The van der Waals surface area contributed by atoms with E-state index >= 15 is 0 Å². The van der Waals surface area contributed by atoms with Crippen LogP contribution in [0.2, 0.25) is 3.17 Å². The summed E-state index contributed by atoms with van der Waals surface area (Å²) in [5, 5.41) is 0. The molecule has 0 saturated heterocycles. The number of hydrogen-bond acceptors (Lipinski definition) is 3. The van der Waals surface area contributed by atoms with E-state index in [1.54, 1.807) is 12.8 Å². The number of hydrogen-bond donors (Lipinski definition) is 3. The van der Waals surface area contributed by atoms with E-state index in [1.807, 2.05) is 0 Å². The van der Waals surface area contributed by atoms with Crippen LogP contribution >= 0.6 is 7.82 Å². The Labute approximate surface area is 95.6 Å². The fourth-order valence-corrected chi connectivity index (χ4v) is 2.12. The summed E-state index contributed by atoms with van der Waals surface area (Å²) in [6.45, 7) is 0. The molecule has 0 unspecified atom stereocenters. The first kappa shape index (κ1) is 14.1.